The van der Waals surface area contributed by atoms with Crippen molar-refractivity contribution in [3.63, 3.8) is 0 Å². The minimum absolute atomic E-state index is 0.158. The number of fused-ring (bicyclic) bond motifs is 1. The maximum Gasteiger partial charge on any atom is 0.230 e. The molecule has 0 bridgehead atoms. The van der Waals surface area contributed by atoms with Crippen molar-refractivity contribution in [1.82, 2.24) is 25.1 Å². The van der Waals surface area contributed by atoms with Crippen LogP contribution in [-0.2, 0) is 4.79 Å². The van der Waals surface area contributed by atoms with E-state index in [1.54, 1.807) is 12.1 Å². The molecule has 9 heteroatoms. The highest BCUT2D eigenvalue weighted by Crippen LogP contribution is 2.32. The molecule has 0 saturated heterocycles. The molecule has 7 nitrogen and oxygen atoms in total. The van der Waals surface area contributed by atoms with Crippen LogP contribution < -0.4 is 5.32 Å². The van der Waals surface area contributed by atoms with Crippen LogP contribution in [0.4, 0.5) is 0 Å². The fourth-order valence-electron chi connectivity index (χ4n) is 3.06. The van der Waals surface area contributed by atoms with Gasteiger partial charge in [-0.3, -0.25) is 9.36 Å². The summed E-state index contributed by atoms with van der Waals surface area (Å²) in [5.74, 6) is 0.683. The second-order valence-electron chi connectivity index (χ2n) is 6.41. The van der Waals surface area contributed by atoms with Crippen LogP contribution in [0.1, 0.15) is 6.42 Å². The molecule has 2 aromatic carbocycles. The van der Waals surface area contributed by atoms with E-state index in [1.165, 1.54) is 11.8 Å². The van der Waals surface area contributed by atoms with Gasteiger partial charge in [0.15, 0.2) is 11.0 Å². The Morgan fingerprint density at radius 2 is 2.00 bits per heavy atom. The number of benzene rings is 2. The maximum atomic E-state index is 12.1. The number of hydrogen-bond acceptors (Lipinski definition) is 5. The zero-order chi connectivity index (χ0) is 20.9. The Morgan fingerprint density at radius 3 is 2.80 bits per heavy atom. The molecule has 1 amide bonds. The fourth-order valence-corrected chi connectivity index (χ4v) is 3.96. The van der Waals surface area contributed by atoms with Gasteiger partial charge in [-0.2, -0.15) is 5.26 Å². The Hall–Kier alpha value is -3.28. The average Bonchev–Trinajstić information content (AvgIpc) is 3.37. The quantitative estimate of drug-likeness (QED) is 0.334. The third-order valence-corrected chi connectivity index (χ3v) is 5.62. The summed E-state index contributed by atoms with van der Waals surface area (Å²) in [5, 5.41) is 22.3. The number of nitrogens with zero attached hydrogens (tertiary/aromatic N) is 4. The van der Waals surface area contributed by atoms with Crippen molar-refractivity contribution in [2.75, 3.05) is 12.3 Å². The van der Waals surface area contributed by atoms with Gasteiger partial charge in [-0.1, -0.05) is 41.6 Å². The fraction of sp³-hybridized carbons (Fsp3) is 0.143. The van der Waals surface area contributed by atoms with Crippen LogP contribution in [-0.4, -0.2) is 38.0 Å². The van der Waals surface area contributed by atoms with E-state index in [0.29, 0.717) is 22.5 Å². The third-order valence-electron chi connectivity index (χ3n) is 4.44. The number of carbonyl (C=O) groups excluding carboxylic acids is 1. The first-order valence-corrected chi connectivity index (χ1v) is 10.6. The lowest BCUT2D eigenvalue weighted by atomic mass is 10.1. The van der Waals surface area contributed by atoms with Gasteiger partial charge in [-0.25, -0.2) is 0 Å². The summed E-state index contributed by atoms with van der Waals surface area (Å²) in [6, 6.07) is 17.4. The lowest BCUT2D eigenvalue weighted by molar-refractivity contribution is -0.118. The van der Waals surface area contributed by atoms with Crippen molar-refractivity contribution in [3.8, 4) is 23.1 Å². The van der Waals surface area contributed by atoms with E-state index in [2.05, 4.69) is 20.5 Å². The molecule has 0 fully saturated rings. The number of amides is 1. The summed E-state index contributed by atoms with van der Waals surface area (Å²) < 4.78 is 1.92. The van der Waals surface area contributed by atoms with Gasteiger partial charge in [0.1, 0.15) is 0 Å². The van der Waals surface area contributed by atoms with Gasteiger partial charge in [-0.15, -0.1) is 10.2 Å². The summed E-state index contributed by atoms with van der Waals surface area (Å²) in [4.78, 5) is 15.3. The van der Waals surface area contributed by atoms with Crippen LogP contribution in [0, 0.1) is 11.3 Å². The predicted octanol–water partition coefficient (Wildman–Crippen LogP) is 4.19. The Bertz CT molecular complexity index is 1220. The van der Waals surface area contributed by atoms with Gasteiger partial charge in [-0.05, 0) is 30.3 Å². The lowest BCUT2D eigenvalue weighted by Gasteiger charge is -2.10. The number of thioether (sulfide) groups is 1. The molecule has 0 atom stereocenters. The van der Waals surface area contributed by atoms with Crippen LogP contribution >= 0.6 is 23.4 Å². The number of halogens is 1. The van der Waals surface area contributed by atoms with Gasteiger partial charge in [0, 0.05) is 39.9 Å². The third kappa shape index (κ3) is 4.17. The van der Waals surface area contributed by atoms with Crippen molar-refractivity contribution in [1.29, 1.82) is 5.26 Å². The Balaban J connectivity index is 1.70. The molecule has 150 valence electrons. The molecule has 4 aromatic rings. The first-order chi connectivity index (χ1) is 14.7. The highest BCUT2D eigenvalue weighted by molar-refractivity contribution is 7.99. The van der Waals surface area contributed by atoms with Crippen LogP contribution in [0.15, 0.2) is 59.9 Å². The lowest BCUT2D eigenvalue weighted by Crippen LogP contribution is -2.26. The number of nitrogens with one attached hydrogen (secondary N) is 2. The van der Waals surface area contributed by atoms with E-state index < -0.39 is 0 Å². The molecule has 30 heavy (non-hydrogen) atoms. The minimum atomic E-state index is -0.158. The Kier molecular flexibility index (Phi) is 6.02. The van der Waals surface area contributed by atoms with Gasteiger partial charge >= 0.3 is 0 Å². The van der Waals surface area contributed by atoms with E-state index in [4.69, 9.17) is 16.9 Å². The number of aromatic nitrogens is 4. The molecular formula is C21H17ClN6OS. The molecule has 0 aliphatic heterocycles. The summed E-state index contributed by atoms with van der Waals surface area (Å²) >= 11 is 7.35. The first kappa shape index (κ1) is 20.0. The molecule has 2 aromatic heterocycles. The number of para-hydroxylation sites is 1. The van der Waals surface area contributed by atoms with E-state index in [-0.39, 0.29) is 18.1 Å². The summed E-state index contributed by atoms with van der Waals surface area (Å²) in [7, 11) is 0. The minimum Gasteiger partial charge on any atom is -0.360 e. The van der Waals surface area contributed by atoms with Gasteiger partial charge in [0.2, 0.25) is 5.91 Å². The molecule has 0 unspecified atom stereocenters. The standard InChI is InChI=1S/C21H17ClN6OS/c22-14-6-8-15(9-7-14)28-20(17-12-25-18-5-2-1-4-16(17)18)26-27-21(28)30-13-19(29)24-11-3-10-23/h1-2,4-9,12,25H,3,11,13H2,(H,24,29). The molecule has 0 aliphatic rings. The van der Waals surface area contributed by atoms with Crippen LogP contribution in [0.5, 0.6) is 0 Å². The molecule has 0 aliphatic carbocycles. The second-order valence-corrected chi connectivity index (χ2v) is 7.79. The highest BCUT2D eigenvalue weighted by atomic mass is 35.5. The van der Waals surface area contributed by atoms with Crippen LogP contribution in [0.2, 0.25) is 5.02 Å². The van der Waals surface area contributed by atoms with Crippen LogP contribution in [0.25, 0.3) is 28.0 Å². The Morgan fingerprint density at radius 1 is 1.20 bits per heavy atom. The molecular weight excluding hydrogens is 420 g/mol. The number of rotatable bonds is 7. The van der Waals surface area contributed by atoms with E-state index >= 15 is 0 Å². The number of nitriles is 1. The maximum absolute atomic E-state index is 12.1. The van der Waals surface area contributed by atoms with Crippen molar-refractivity contribution >= 4 is 40.2 Å². The first-order valence-electron chi connectivity index (χ1n) is 9.21. The zero-order valence-electron chi connectivity index (χ0n) is 15.8. The predicted molar refractivity (Wildman–Crippen MR) is 118 cm³/mol. The molecule has 4 rings (SSSR count). The second kappa shape index (κ2) is 9.03. The number of carbonyl (C=O) groups is 1. The van der Waals surface area contributed by atoms with Gasteiger partial charge in [0.05, 0.1) is 18.2 Å². The van der Waals surface area contributed by atoms with Crippen LogP contribution in [0.3, 0.4) is 0 Å². The molecule has 0 radical (unpaired) electrons. The summed E-state index contributed by atoms with van der Waals surface area (Å²) in [5.41, 5.74) is 2.76. The molecule has 2 heterocycles. The number of hydrogen-bond donors (Lipinski definition) is 2. The van der Waals surface area contributed by atoms with Crippen molar-refractivity contribution in [2.24, 2.45) is 0 Å². The van der Waals surface area contributed by atoms with E-state index in [0.717, 1.165) is 22.2 Å². The SMILES string of the molecule is N#CCCNC(=O)CSc1nnc(-c2c[nH]c3ccccc23)n1-c1ccc(Cl)cc1. The number of H-pyrrole nitrogens is 1. The Labute approximate surface area is 182 Å². The smallest absolute Gasteiger partial charge is 0.230 e. The summed E-state index contributed by atoms with van der Waals surface area (Å²) in [6.07, 6.45) is 2.19. The zero-order valence-corrected chi connectivity index (χ0v) is 17.4. The largest absolute Gasteiger partial charge is 0.360 e. The van der Waals surface area contributed by atoms with Gasteiger partial charge < -0.3 is 10.3 Å². The van der Waals surface area contributed by atoms with E-state index in [9.17, 15) is 4.79 Å². The van der Waals surface area contributed by atoms with Gasteiger partial charge in [0.25, 0.3) is 0 Å². The van der Waals surface area contributed by atoms with E-state index in [1.807, 2.05) is 53.2 Å². The van der Waals surface area contributed by atoms with Crippen molar-refractivity contribution in [2.45, 2.75) is 11.6 Å². The highest BCUT2D eigenvalue weighted by Gasteiger charge is 2.19. The molecule has 0 saturated carbocycles. The monoisotopic (exact) mass is 436 g/mol. The summed E-state index contributed by atoms with van der Waals surface area (Å²) in [6.45, 7) is 0.334. The average molecular weight is 437 g/mol. The van der Waals surface area contributed by atoms with Crippen molar-refractivity contribution in [3.05, 3.63) is 59.8 Å². The molecule has 0 spiro atoms. The topological polar surface area (TPSA) is 99.4 Å². The van der Waals surface area contributed by atoms with Crippen molar-refractivity contribution < 1.29 is 4.79 Å². The number of aromatic amines is 1. The molecule has 2 N–H and O–H groups in total. The normalized spacial score (nSPS) is 10.8.